The molecule has 1 fully saturated rings. The molecule has 22 heavy (non-hydrogen) atoms. The number of hydrogen-bond donors (Lipinski definition) is 1. The molecular formula is C15H16ClN3O2S. The fraction of sp³-hybridized carbons (Fsp3) is 0.400. The van der Waals surface area contributed by atoms with Crippen molar-refractivity contribution in [2.45, 2.75) is 26.3 Å². The Labute approximate surface area is 137 Å². The van der Waals surface area contributed by atoms with Crippen LogP contribution >= 0.6 is 22.9 Å². The van der Waals surface area contributed by atoms with Crippen LogP contribution in [0.1, 0.15) is 20.3 Å². The average Bonchev–Trinajstić information content (AvgIpc) is 3.01. The van der Waals surface area contributed by atoms with Crippen LogP contribution in [0.4, 0.5) is 5.13 Å². The SMILES string of the molecule is CC(C)N1CC(C(=O)Nc2nc3ccc(Cl)cc3s2)CC1=O. The van der Waals surface area contributed by atoms with Crippen molar-refractivity contribution < 1.29 is 9.59 Å². The minimum Gasteiger partial charge on any atom is -0.339 e. The Balaban J connectivity index is 1.72. The van der Waals surface area contributed by atoms with Gasteiger partial charge in [0.15, 0.2) is 5.13 Å². The standard InChI is InChI=1S/C15H16ClN3O2S/c1-8(2)19-7-9(5-13(19)20)14(21)18-15-17-11-4-3-10(16)6-12(11)22-15/h3-4,6,8-9H,5,7H2,1-2H3,(H,17,18,21). The number of nitrogens with one attached hydrogen (secondary N) is 1. The molecule has 1 aromatic heterocycles. The molecule has 0 aliphatic carbocycles. The first-order chi connectivity index (χ1) is 10.4. The van der Waals surface area contributed by atoms with Crippen LogP contribution in [0, 0.1) is 5.92 Å². The number of benzene rings is 1. The molecule has 1 unspecified atom stereocenters. The van der Waals surface area contributed by atoms with Gasteiger partial charge in [-0.2, -0.15) is 0 Å². The van der Waals surface area contributed by atoms with E-state index in [-0.39, 0.29) is 30.2 Å². The third-order valence-electron chi connectivity index (χ3n) is 3.73. The molecule has 1 saturated heterocycles. The molecule has 0 saturated carbocycles. The summed E-state index contributed by atoms with van der Waals surface area (Å²) in [6, 6.07) is 5.54. The van der Waals surface area contributed by atoms with Crippen LogP contribution in [0.5, 0.6) is 0 Å². The zero-order chi connectivity index (χ0) is 15.9. The number of fused-ring (bicyclic) bond motifs is 1. The Bertz CT molecular complexity index is 743. The van der Waals surface area contributed by atoms with Crippen molar-refractivity contribution in [3.05, 3.63) is 23.2 Å². The Morgan fingerprint density at radius 2 is 2.27 bits per heavy atom. The predicted octanol–water partition coefficient (Wildman–Crippen LogP) is 3.15. The van der Waals surface area contributed by atoms with Crippen LogP contribution in [0.3, 0.4) is 0 Å². The number of likely N-dealkylation sites (tertiary alicyclic amines) is 1. The molecule has 3 rings (SSSR count). The van der Waals surface area contributed by atoms with E-state index in [0.29, 0.717) is 16.7 Å². The molecule has 2 heterocycles. The van der Waals surface area contributed by atoms with Crippen LogP contribution in [-0.2, 0) is 9.59 Å². The first-order valence-corrected chi connectivity index (χ1v) is 8.30. The zero-order valence-electron chi connectivity index (χ0n) is 12.3. The summed E-state index contributed by atoms with van der Waals surface area (Å²) < 4.78 is 0.925. The fourth-order valence-corrected chi connectivity index (χ4v) is 3.71. The van der Waals surface area contributed by atoms with Crippen LogP contribution in [-0.4, -0.2) is 34.3 Å². The van der Waals surface area contributed by atoms with Gasteiger partial charge in [-0.25, -0.2) is 4.98 Å². The van der Waals surface area contributed by atoms with Crippen molar-refractivity contribution in [1.82, 2.24) is 9.88 Å². The van der Waals surface area contributed by atoms with E-state index >= 15 is 0 Å². The molecule has 1 aromatic carbocycles. The molecule has 1 N–H and O–H groups in total. The number of hydrogen-bond acceptors (Lipinski definition) is 4. The van der Waals surface area contributed by atoms with E-state index in [4.69, 9.17) is 11.6 Å². The highest BCUT2D eigenvalue weighted by atomic mass is 35.5. The lowest BCUT2D eigenvalue weighted by atomic mass is 10.1. The van der Waals surface area contributed by atoms with Gasteiger partial charge < -0.3 is 10.2 Å². The van der Waals surface area contributed by atoms with E-state index in [9.17, 15) is 9.59 Å². The number of carbonyl (C=O) groups is 2. The number of thiazole rings is 1. The van der Waals surface area contributed by atoms with Crippen molar-refractivity contribution in [2.24, 2.45) is 5.92 Å². The van der Waals surface area contributed by atoms with Gasteiger partial charge in [-0.1, -0.05) is 22.9 Å². The minimum atomic E-state index is -0.314. The van der Waals surface area contributed by atoms with Gasteiger partial charge in [0.25, 0.3) is 0 Å². The number of nitrogens with zero attached hydrogens (tertiary/aromatic N) is 2. The summed E-state index contributed by atoms with van der Waals surface area (Å²) >= 11 is 7.33. The molecule has 116 valence electrons. The molecular weight excluding hydrogens is 322 g/mol. The molecule has 1 aliphatic heterocycles. The fourth-order valence-electron chi connectivity index (χ4n) is 2.57. The maximum atomic E-state index is 12.3. The van der Waals surface area contributed by atoms with Gasteiger partial charge in [0.2, 0.25) is 11.8 Å². The monoisotopic (exact) mass is 337 g/mol. The Morgan fingerprint density at radius 3 is 2.95 bits per heavy atom. The topological polar surface area (TPSA) is 62.3 Å². The summed E-state index contributed by atoms with van der Waals surface area (Å²) in [5.41, 5.74) is 0.802. The molecule has 2 amide bonds. The van der Waals surface area contributed by atoms with Gasteiger partial charge in [-0.15, -0.1) is 0 Å². The second kappa shape index (κ2) is 5.85. The molecule has 5 nitrogen and oxygen atoms in total. The van der Waals surface area contributed by atoms with Crippen LogP contribution in [0.25, 0.3) is 10.2 Å². The molecule has 7 heteroatoms. The van der Waals surface area contributed by atoms with Crippen molar-refractivity contribution >= 4 is 50.1 Å². The van der Waals surface area contributed by atoms with Crippen LogP contribution < -0.4 is 5.32 Å². The van der Waals surface area contributed by atoms with E-state index in [1.807, 2.05) is 26.0 Å². The lowest BCUT2D eigenvalue weighted by Crippen LogP contribution is -2.33. The molecule has 0 bridgehead atoms. The lowest BCUT2D eigenvalue weighted by molar-refractivity contribution is -0.129. The van der Waals surface area contributed by atoms with Crippen LogP contribution in [0.2, 0.25) is 5.02 Å². The highest BCUT2D eigenvalue weighted by molar-refractivity contribution is 7.22. The number of halogens is 1. The summed E-state index contributed by atoms with van der Waals surface area (Å²) in [6.07, 6.45) is 0.265. The molecule has 1 aliphatic rings. The van der Waals surface area contributed by atoms with E-state index in [0.717, 1.165) is 10.2 Å². The highest BCUT2D eigenvalue weighted by Crippen LogP contribution is 2.29. The van der Waals surface area contributed by atoms with Crippen molar-refractivity contribution in [3.63, 3.8) is 0 Å². The number of anilines is 1. The minimum absolute atomic E-state index is 0.0335. The summed E-state index contributed by atoms with van der Waals surface area (Å²) in [5, 5.41) is 4.00. The van der Waals surface area contributed by atoms with E-state index < -0.39 is 0 Å². The lowest BCUT2D eigenvalue weighted by Gasteiger charge is -2.20. The second-order valence-corrected chi connectivity index (χ2v) is 7.13. The number of rotatable bonds is 3. The maximum Gasteiger partial charge on any atom is 0.231 e. The van der Waals surface area contributed by atoms with E-state index in [2.05, 4.69) is 10.3 Å². The van der Waals surface area contributed by atoms with Crippen molar-refractivity contribution in [2.75, 3.05) is 11.9 Å². The van der Waals surface area contributed by atoms with Gasteiger partial charge in [-0.05, 0) is 32.0 Å². The Hall–Kier alpha value is -1.66. The summed E-state index contributed by atoms with van der Waals surface area (Å²) in [4.78, 5) is 30.3. The molecule has 0 spiro atoms. The van der Waals surface area contributed by atoms with Gasteiger partial charge >= 0.3 is 0 Å². The van der Waals surface area contributed by atoms with Crippen molar-refractivity contribution in [1.29, 1.82) is 0 Å². The molecule has 2 aromatic rings. The largest absolute Gasteiger partial charge is 0.339 e. The number of amides is 2. The van der Waals surface area contributed by atoms with Gasteiger partial charge in [-0.3, -0.25) is 9.59 Å². The zero-order valence-corrected chi connectivity index (χ0v) is 13.9. The smallest absolute Gasteiger partial charge is 0.231 e. The summed E-state index contributed by atoms with van der Waals surface area (Å²) in [5.74, 6) is -0.432. The Morgan fingerprint density at radius 1 is 1.50 bits per heavy atom. The van der Waals surface area contributed by atoms with Gasteiger partial charge in [0, 0.05) is 24.0 Å². The predicted molar refractivity (Wildman–Crippen MR) is 88.2 cm³/mol. The van der Waals surface area contributed by atoms with E-state index in [1.54, 1.807) is 11.0 Å². The van der Waals surface area contributed by atoms with Gasteiger partial charge in [0.1, 0.15) is 0 Å². The van der Waals surface area contributed by atoms with E-state index in [1.165, 1.54) is 11.3 Å². The summed E-state index contributed by atoms with van der Waals surface area (Å²) in [7, 11) is 0. The quantitative estimate of drug-likeness (QED) is 0.935. The van der Waals surface area contributed by atoms with Crippen molar-refractivity contribution in [3.8, 4) is 0 Å². The Kier molecular flexibility index (Phi) is 4.06. The number of carbonyl (C=O) groups excluding carboxylic acids is 2. The first-order valence-electron chi connectivity index (χ1n) is 7.10. The normalized spacial score (nSPS) is 18.5. The number of aromatic nitrogens is 1. The first kappa shape index (κ1) is 15.2. The molecule has 0 radical (unpaired) electrons. The maximum absolute atomic E-state index is 12.3. The second-order valence-electron chi connectivity index (χ2n) is 5.66. The summed E-state index contributed by atoms with van der Waals surface area (Å²) in [6.45, 7) is 4.38. The third-order valence-corrected chi connectivity index (χ3v) is 4.90. The molecule has 1 atom stereocenters. The highest BCUT2D eigenvalue weighted by Gasteiger charge is 2.35. The average molecular weight is 338 g/mol. The van der Waals surface area contributed by atoms with Gasteiger partial charge in [0.05, 0.1) is 16.1 Å². The third kappa shape index (κ3) is 2.94. The van der Waals surface area contributed by atoms with Crippen LogP contribution in [0.15, 0.2) is 18.2 Å².